The number of hydrogen-bond donors (Lipinski definition) is 0. The van der Waals surface area contributed by atoms with E-state index in [9.17, 15) is 9.18 Å². The first kappa shape index (κ1) is 17.9. The second-order valence-electron chi connectivity index (χ2n) is 6.33. The van der Waals surface area contributed by atoms with Gasteiger partial charge >= 0.3 is 5.97 Å². The molecule has 0 saturated heterocycles. The molecule has 0 saturated carbocycles. The molecule has 3 rings (SSSR count). The molecule has 0 atom stereocenters. The molecule has 0 amide bonds. The van der Waals surface area contributed by atoms with E-state index in [1.54, 1.807) is 25.1 Å². The van der Waals surface area contributed by atoms with Crippen molar-refractivity contribution in [2.75, 3.05) is 6.61 Å². The molecule has 1 heterocycles. The second-order valence-corrected chi connectivity index (χ2v) is 6.33. The molecule has 0 spiro atoms. The Bertz CT molecular complexity index is 952. The van der Waals surface area contributed by atoms with Crippen LogP contribution in [-0.4, -0.2) is 17.1 Å². The third-order valence-electron chi connectivity index (χ3n) is 4.26. The monoisotopic (exact) mass is 351 g/mol. The van der Waals surface area contributed by atoms with Crippen LogP contribution in [0.2, 0.25) is 0 Å². The minimum atomic E-state index is -0.377. The van der Waals surface area contributed by atoms with Crippen LogP contribution >= 0.6 is 0 Å². The molecular weight excluding hydrogens is 329 g/mol. The summed E-state index contributed by atoms with van der Waals surface area (Å²) in [6.07, 6.45) is 3.24. The van der Waals surface area contributed by atoms with Crippen LogP contribution in [-0.2, 0) is 9.53 Å². The molecular formula is C22H22FNO2. The summed E-state index contributed by atoms with van der Waals surface area (Å²) in [5.41, 5.74) is 3.87. The molecule has 0 unspecified atom stereocenters. The van der Waals surface area contributed by atoms with Gasteiger partial charge in [0.25, 0.3) is 0 Å². The Balaban J connectivity index is 2.28. The van der Waals surface area contributed by atoms with Crippen LogP contribution in [0.15, 0.2) is 54.6 Å². The van der Waals surface area contributed by atoms with Gasteiger partial charge in [0.2, 0.25) is 0 Å². The van der Waals surface area contributed by atoms with Gasteiger partial charge in [-0.3, -0.25) is 0 Å². The van der Waals surface area contributed by atoms with Crippen molar-refractivity contribution < 1.29 is 13.9 Å². The SMILES string of the molecule is CCOC(=O)/C=C/c1c(-c2ccc(F)cc2)c2ccccc2n1C(C)C. The van der Waals surface area contributed by atoms with E-state index >= 15 is 0 Å². The summed E-state index contributed by atoms with van der Waals surface area (Å²) in [6.45, 7) is 6.31. The highest BCUT2D eigenvalue weighted by molar-refractivity contribution is 6.02. The van der Waals surface area contributed by atoms with Gasteiger partial charge in [0.05, 0.1) is 12.3 Å². The number of halogens is 1. The molecule has 4 heteroatoms. The highest BCUT2D eigenvalue weighted by atomic mass is 19.1. The molecule has 3 nitrogen and oxygen atoms in total. The number of aromatic nitrogens is 1. The van der Waals surface area contributed by atoms with Crippen LogP contribution in [0.3, 0.4) is 0 Å². The van der Waals surface area contributed by atoms with Crippen LogP contribution in [0, 0.1) is 5.82 Å². The summed E-state index contributed by atoms with van der Waals surface area (Å²) in [7, 11) is 0. The third kappa shape index (κ3) is 3.40. The zero-order valence-corrected chi connectivity index (χ0v) is 15.2. The third-order valence-corrected chi connectivity index (χ3v) is 4.26. The maximum absolute atomic E-state index is 13.4. The Morgan fingerprint density at radius 1 is 1.15 bits per heavy atom. The number of hydrogen-bond acceptors (Lipinski definition) is 2. The van der Waals surface area contributed by atoms with E-state index in [1.165, 1.54) is 18.2 Å². The molecule has 26 heavy (non-hydrogen) atoms. The Labute approximate surface area is 152 Å². The number of para-hydroxylation sites is 1. The van der Waals surface area contributed by atoms with E-state index in [1.807, 2.05) is 12.1 Å². The van der Waals surface area contributed by atoms with Gasteiger partial charge < -0.3 is 9.30 Å². The van der Waals surface area contributed by atoms with Gasteiger partial charge in [-0.2, -0.15) is 0 Å². The normalized spacial score (nSPS) is 11.6. The minimum absolute atomic E-state index is 0.191. The van der Waals surface area contributed by atoms with Gasteiger partial charge in [-0.1, -0.05) is 30.3 Å². The van der Waals surface area contributed by atoms with Crippen LogP contribution in [0.5, 0.6) is 0 Å². The average Bonchev–Trinajstić information content (AvgIpc) is 2.95. The number of nitrogens with zero attached hydrogens (tertiary/aromatic N) is 1. The van der Waals surface area contributed by atoms with Crippen molar-refractivity contribution >= 4 is 22.9 Å². The predicted octanol–water partition coefficient (Wildman–Crippen LogP) is 5.60. The van der Waals surface area contributed by atoms with Crippen molar-refractivity contribution in [3.63, 3.8) is 0 Å². The predicted molar refractivity (Wildman–Crippen MR) is 103 cm³/mol. The maximum atomic E-state index is 13.4. The lowest BCUT2D eigenvalue weighted by Gasteiger charge is -2.13. The minimum Gasteiger partial charge on any atom is -0.463 e. The summed E-state index contributed by atoms with van der Waals surface area (Å²) in [5, 5.41) is 1.07. The lowest BCUT2D eigenvalue weighted by atomic mass is 10.0. The topological polar surface area (TPSA) is 31.2 Å². The molecule has 0 aliphatic carbocycles. The highest BCUT2D eigenvalue weighted by Gasteiger charge is 2.18. The average molecular weight is 351 g/mol. The number of esters is 1. The van der Waals surface area contributed by atoms with Crippen LogP contribution in [0.1, 0.15) is 32.5 Å². The number of fused-ring (bicyclic) bond motifs is 1. The zero-order chi connectivity index (χ0) is 18.7. The summed E-state index contributed by atoms with van der Waals surface area (Å²) in [4.78, 5) is 11.8. The van der Waals surface area contributed by atoms with E-state index in [4.69, 9.17) is 4.74 Å². The summed E-state index contributed by atoms with van der Waals surface area (Å²) < 4.78 is 20.6. The Morgan fingerprint density at radius 3 is 2.50 bits per heavy atom. The van der Waals surface area contributed by atoms with Crippen molar-refractivity contribution in [3.8, 4) is 11.1 Å². The molecule has 1 aromatic heterocycles. The summed E-state index contributed by atoms with van der Waals surface area (Å²) in [5.74, 6) is -0.650. The fourth-order valence-electron chi connectivity index (χ4n) is 3.26. The number of ether oxygens (including phenoxy) is 1. The largest absolute Gasteiger partial charge is 0.463 e. The fraction of sp³-hybridized carbons (Fsp3) is 0.227. The van der Waals surface area contributed by atoms with Gasteiger partial charge in [-0.05, 0) is 50.6 Å². The van der Waals surface area contributed by atoms with Gasteiger partial charge in [-0.25, -0.2) is 9.18 Å². The van der Waals surface area contributed by atoms with E-state index in [-0.39, 0.29) is 17.8 Å². The molecule has 0 N–H and O–H groups in total. The molecule has 0 fully saturated rings. The number of carbonyl (C=O) groups is 1. The smallest absolute Gasteiger partial charge is 0.330 e. The van der Waals surface area contributed by atoms with Crippen LogP contribution in [0.4, 0.5) is 4.39 Å². The molecule has 134 valence electrons. The lowest BCUT2D eigenvalue weighted by molar-refractivity contribution is -0.137. The van der Waals surface area contributed by atoms with E-state index < -0.39 is 0 Å². The van der Waals surface area contributed by atoms with Crippen molar-refractivity contribution in [3.05, 3.63) is 66.1 Å². The van der Waals surface area contributed by atoms with Crippen molar-refractivity contribution in [2.45, 2.75) is 26.8 Å². The first-order valence-corrected chi connectivity index (χ1v) is 8.76. The zero-order valence-electron chi connectivity index (χ0n) is 15.2. The first-order chi connectivity index (χ1) is 12.5. The number of rotatable bonds is 5. The van der Waals surface area contributed by atoms with Gasteiger partial charge in [0.15, 0.2) is 0 Å². The lowest BCUT2D eigenvalue weighted by Crippen LogP contribution is -2.04. The van der Waals surface area contributed by atoms with Crippen molar-refractivity contribution in [2.24, 2.45) is 0 Å². The molecule has 2 aromatic carbocycles. The Hall–Kier alpha value is -2.88. The van der Waals surface area contributed by atoms with Crippen molar-refractivity contribution in [1.29, 1.82) is 0 Å². The summed E-state index contributed by atoms with van der Waals surface area (Å²) >= 11 is 0. The van der Waals surface area contributed by atoms with Crippen molar-refractivity contribution in [1.82, 2.24) is 4.57 Å². The van der Waals surface area contributed by atoms with E-state index in [0.29, 0.717) is 6.61 Å². The standard InChI is InChI=1S/C22H22FNO2/c1-4-26-21(25)14-13-20-22(16-9-11-17(23)12-10-16)18-7-5-6-8-19(18)24(20)15(2)3/h5-15H,4H2,1-3H3/b14-13+. The molecule has 0 aliphatic heterocycles. The quantitative estimate of drug-likeness (QED) is 0.442. The fourth-order valence-corrected chi connectivity index (χ4v) is 3.26. The molecule has 0 bridgehead atoms. The Morgan fingerprint density at radius 2 is 1.85 bits per heavy atom. The highest BCUT2D eigenvalue weighted by Crippen LogP contribution is 2.37. The van der Waals surface area contributed by atoms with Gasteiger partial charge in [-0.15, -0.1) is 0 Å². The van der Waals surface area contributed by atoms with E-state index in [2.05, 4.69) is 30.5 Å². The summed E-state index contributed by atoms with van der Waals surface area (Å²) in [6, 6.07) is 14.7. The van der Waals surface area contributed by atoms with Crippen LogP contribution in [0.25, 0.3) is 28.1 Å². The van der Waals surface area contributed by atoms with E-state index in [0.717, 1.165) is 27.7 Å². The maximum Gasteiger partial charge on any atom is 0.330 e. The van der Waals surface area contributed by atoms with Crippen LogP contribution < -0.4 is 0 Å². The molecule has 0 radical (unpaired) electrons. The number of benzene rings is 2. The first-order valence-electron chi connectivity index (χ1n) is 8.76. The van der Waals surface area contributed by atoms with Gasteiger partial charge in [0.1, 0.15) is 5.82 Å². The Kier molecular flexibility index (Phi) is 5.21. The molecule has 3 aromatic rings. The number of carbonyl (C=O) groups excluding carboxylic acids is 1. The second kappa shape index (κ2) is 7.56. The van der Waals surface area contributed by atoms with Gasteiger partial charge in [0, 0.05) is 28.6 Å². The molecule has 0 aliphatic rings.